The molecule has 0 amide bonds. The lowest BCUT2D eigenvalue weighted by Gasteiger charge is -2.03. The Hall–Kier alpha value is -0.870. The predicted molar refractivity (Wildman–Crippen MR) is 67.3 cm³/mol. The van der Waals surface area contributed by atoms with Gasteiger partial charge >= 0.3 is 0 Å². The molecule has 1 aromatic heterocycles. The number of nitrogens with zero attached hydrogens (tertiary/aromatic N) is 2. The number of hydrogen-bond donors (Lipinski definition) is 1. The number of aryl methyl sites for hydroxylation is 2. The Morgan fingerprint density at radius 2 is 2.29 bits per heavy atom. The van der Waals surface area contributed by atoms with Gasteiger partial charge in [-0.3, -0.25) is 9.48 Å². The molecule has 94 valence electrons. The standard InChI is InChI=1S/C12H18ClN3O/c1-8-11(12(13)16(2)15-8)5-10(17)7-14-6-9-3-4-9/h9,14H,3-7H2,1-2H3. The minimum atomic E-state index is 0.170. The first-order valence-corrected chi connectivity index (χ1v) is 6.36. The van der Waals surface area contributed by atoms with Crippen LogP contribution in [-0.2, 0) is 18.3 Å². The van der Waals surface area contributed by atoms with Crippen molar-refractivity contribution in [1.29, 1.82) is 0 Å². The largest absolute Gasteiger partial charge is 0.310 e. The van der Waals surface area contributed by atoms with Crippen LogP contribution in [0.1, 0.15) is 24.1 Å². The number of nitrogens with one attached hydrogen (secondary N) is 1. The van der Waals surface area contributed by atoms with E-state index in [0.29, 0.717) is 18.1 Å². The molecule has 1 aromatic rings. The van der Waals surface area contributed by atoms with E-state index in [1.54, 1.807) is 11.7 Å². The van der Waals surface area contributed by atoms with Crippen LogP contribution in [0.2, 0.25) is 5.15 Å². The third-order valence-electron chi connectivity index (χ3n) is 3.10. The van der Waals surface area contributed by atoms with E-state index in [0.717, 1.165) is 23.7 Å². The molecule has 1 saturated carbocycles. The van der Waals surface area contributed by atoms with Gasteiger partial charge in [0.25, 0.3) is 0 Å². The van der Waals surface area contributed by atoms with Gasteiger partial charge < -0.3 is 5.32 Å². The smallest absolute Gasteiger partial charge is 0.151 e. The van der Waals surface area contributed by atoms with Crippen molar-refractivity contribution in [2.24, 2.45) is 13.0 Å². The average Bonchev–Trinajstić information content (AvgIpc) is 3.04. The van der Waals surface area contributed by atoms with Crippen LogP contribution in [0.15, 0.2) is 0 Å². The van der Waals surface area contributed by atoms with E-state index in [4.69, 9.17) is 11.6 Å². The van der Waals surface area contributed by atoms with Crippen molar-refractivity contribution in [2.45, 2.75) is 26.2 Å². The van der Waals surface area contributed by atoms with E-state index in [9.17, 15) is 4.79 Å². The van der Waals surface area contributed by atoms with Crippen molar-refractivity contribution < 1.29 is 4.79 Å². The third kappa shape index (κ3) is 3.30. The van der Waals surface area contributed by atoms with Gasteiger partial charge in [-0.1, -0.05) is 11.6 Å². The Kier molecular flexibility index (Phi) is 3.84. The van der Waals surface area contributed by atoms with Crippen LogP contribution in [0.3, 0.4) is 0 Å². The summed E-state index contributed by atoms with van der Waals surface area (Å²) in [7, 11) is 1.79. The molecule has 1 aliphatic rings. The molecule has 1 aliphatic carbocycles. The molecular formula is C12H18ClN3O. The molecule has 0 unspecified atom stereocenters. The van der Waals surface area contributed by atoms with Gasteiger partial charge in [-0.2, -0.15) is 5.10 Å². The molecule has 0 aliphatic heterocycles. The SMILES string of the molecule is Cc1nn(C)c(Cl)c1CC(=O)CNCC1CC1. The second kappa shape index (κ2) is 5.19. The number of aromatic nitrogens is 2. The van der Waals surface area contributed by atoms with Crippen LogP contribution >= 0.6 is 11.6 Å². The highest BCUT2D eigenvalue weighted by atomic mass is 35.5. The molecule has 4 nitrogen and oxygen atoms in total. The summed E-state index contributed by atoms with van der Waals surface area (Å²) in [5.74, 6) is 0.968. The van der Waals surface area contributed by atoms with E-state index in [-0.39, 0.29) is 5.78 Å². The first kappa shape index (κ1) is 12.6. The predicted octanol–water partition coefficient (Wildman–Crippen LogP) is 1.49. The highest BCUT2D eigenvalue weighted by Crippen LogP contribution is 2.27. The Bertz CT molecular complexity index is 424. The normalized spacial score (nSPS) is 15.2. The molecule has 1 N–H and O–H groups in total. The lowest BCUT2D eigenvalue weighted by molar-refractivity contribution is -0.117. The van der Waals surface area contributed by atoms with Crippen LogP contribution in [0.5, 0.6) is 0 Å². The summed E-state index contributed by atoms with van der Waals surface area (Å²) < 4.78 is 1.61. The number of halogens is 1. The van der Waals surface area contributed by atoms with Gasteiger partial charge in [-0.15, -0.1) is 0 Å². The Morgan fingerprint density at radius 1 is 1.59 bits per heavy atom. The minimum absolute atomic E-state index is 0.170. The van der Waals surface area contributed by atoms with Crippen molar-refractivity contribution in [2.75, 3.05) is 13.1 Å². The molecule has 0 aromatic carbocycles. The lowest BCUT2D eigenvalue weighted by Crippen LogP contribution is -2.26. The first-order valence-electron chi connectivity index (χ1n) is 5.98. The van der Waals surface area contributed by atoms with Gasteiger partial charge in [-0.05, 0) is 32.2 Å². The molecule has 0 saturated heterocycles. The zero-order chi connectivity index (χ0) is 12.4. The summed E-state index contributed by atoms with van der Waals surface area (Å²) in [6.07, 6.45) is 2.97. The maximum Gasteiger partial charge on any atom is 0.151 e. The highest BCUT2D eigenvalue weighted by Gasteiger charge is 2.21. The van der Waals surface area contributed by atoms with Crippen LogP contribution in [0.4, 0.5) is 0 Å². The minimum Gasteiger partial charge on any atom is -0.310 e. The van der Waals surface area contributed by atoms with Crippen molar-refractivity contribution in [3.05, 3.63) is 16.4 Å². The number of hydrogen-bond acceptors (Lipinski definition) is 3. The summed E-state index contributed by atoms with van der Waals surface area (Å²) in [5.41, 5.74) is 1.69. The van der Waals surface area contributed by atoms with Gasteiger partial charge in [0.1, 0.15) is 5.15 Å². The molecule has 0 atom stereocenters. The number of rotatable bonds is 6. The molecular weight excluding hydrogens is 238 g/mol. The number of Topliss-reactive ketones (excluding diaryl/α,β-unsaturated/α-hetero) is 1. The fraction of sp³-hybridized carbons (Fsp3) is 0.667. The van der Waals surface area contributed by atoms with Gasteiger partial charge in [0.15, 0.2) is 5.78 Å². The first-order chi connectivity index (χ1) is 8.08. The molecule has 17 heavy (non-hydrogen) atoms. The molecule has 1 fully saturated rings. The van der Waals surface area contributed by atoms with Crippen LogP contribution in [0, 0.1) is 12.8 Å². The van der Waals surface area contributed by atoms with E-state index in [1.807, 2.05) is 6.92 Å². The van der Waals surface area contributed by atoms with Crippen LogP contribution in [-0.4, -0.2) is 28.7 Å². The van der Waals surface area contributed by atoms with Crippen molar-refractivity contribution in [3.8, 4) is 0 Å². The van der Waals surface area contributed by atoms with Gasteiger partial charge in [0.05, 0.1) is 12.2 Å². The van der Waals surface area contributed by atoms with E-state index in [2.05, 4.69) is 10.4 Å². The molecule has 2 rings (SSSR count). The van der Waals surface area contributed by atoms with Gasteiger partial charge in [0.2, 0.25) is 0 Å². The van der Waals surface area contributed by atoms with Gasteiger partial charge in [0, 0.05) is 19.0 Å². The fourth-order valence-electron chi connectivity index (χ4n) is 1.87. The highest BCUT2D eigenvalue weighted by molar-refractivity contribution is 6.30. The zero-order valence-electron chi connectivity index (χ0n) is 10.3. The molecule has 0 spiro atoms. The lowest BCUT2D eigenvalue weighted by atomic mass is 10.1. The van der Waals surface area contributed by atoms with Crippen LogP contribution in [0.25, 0.3) is 0 Å². The third-order valence-corrected chi connectivity index (χ3v) is 3.57. The van der Waals surface area contributed by atoms with E-state index < -0.39 is 0 Å². The number of ketones is 1. The second-order valence-corrected chi connectivity index (χ2v) is 5.13. The van der Waals surface area contributed by atoms with Crippen LogP contribution < -0.4 is 5.32 Å². The Balaban J connectivity index is 1.83. The zero-order valence-corrected chi connectivity index (χ0v) is 11.0. The van der Waals surface area contributed by atoms with Crippen molar-refractivity contribution in [1.82, 2.24) is 15.1 Å². The quantitative estimate of drug-likeness (QED) is 0.838. The summed E-state index contributed by atoms with van der Waals surface area (Å²) in [5, 5.41) is 7.96. The summed E-state index contributed by atoms with van der Waals surface area (Å²) in [6, 6.07) is 0. The molecule has 5 heteroatoms. The maximum absolute atomic E-state index is 11.8. The Morgan fingerprint density at radius 3 is 2.82 bits per heavy atom. The number of carbonyl (C=O) groups is 1. The monoisotopic (exact) mass is 255 g/mol. The Labute approximate surface area is 106 Å². The molecule has 0 radical (unpaired) electrons. The summed E-state index contributed by atoms with van der Waals surface area (Å²) >= 11 is 6.08. The second-order valence-electron chi connectivity index (χ2n) is 4.77. The molecule has 1 heterocycles. The van der Waals surface area contributed by atoms with E-state index in [1.165, 1.54) is 12.8 Å². The van der Waals surface area contributed by atoms with E-state index >= 15 is 0 Å². The number of carbonyl (C=O) groups excluding carboxylic acids is 1. The van der Waals surface area contributed by atoms with Crippen molar-refractivity contribution in [3.63, 3.8) is 0 Å². The summed E-state index contributed by atoms with van der Waals surface area (Å²) in [6.45, 7) is 3.28. The van der Waals surface area contributed by atoms with Crippen molar-refractivity contribution >= 4 is 17.4 Å². The summed E-state index contributed by atoms with van der Waals surface area (Å²) in [4.78, 5) is 11.8. The van der Waals surface area contributed by atoms with Gasteiger partial charge in [-0.25, -0.2) is 0 Å². The fourth-order valence-corrected chi connectivity index (χ4v) is 2.11. The molecule has 0 bridgehead atoms. The topological polar surface area (TPSA) is 46.9 Å². The maximum atomic E-state index is 11.8. The average molecular weight is 256 g/mol.